The maximum Gasteiger partial charge on any atom is 0.269 e. The Morgan fingerprint density at radius 3 is 3.15 bits per heavy atom. The Bertz CT molecular complexity index is 348. The van der Waals surface area contributed by atoms with E-state index in [0.717, 1.165) is 5.01 Å². The van der Waals surface area contributed by atoms with Crippen LogP contribution in [0.1, 0.15) is 14.7 Å². The molecule has 5 heteroatoms. The zero-order valence-corrected chi connectivity index (χ0v) is 8.35. The molecule has 4 nitrogen and oxygen atoms in total. The number of carbonyl (C=O) groups excluding carboxylic acids is 1. The first-order chi connectivity index (χ1) is 6.18. The number of fused-ring (bicyclic) bond motifs is 1. The molecule has 0 saturated carbocycles. The smallest absolute Gasteiger partial charge is 0.269 e. The first kappa shape index (κ1) is 8.50. The molecule has 0 atom stereocenters. The first-order valence-electron chi connectivity index (χ1n) is 4.04. The van der Waals surface area contributed by atoms with Crippen LogP contribution in [0.15, 0.2) is 0 Å². The molecule has 13 heavy (non-hydrogen) atoms. The number of hydrogen-bond acceptors (Lipinski definition) is 4. The van der Waals surface area contributed by atoms with Crippen LogP contribution in [0.4, 0.5) is 0 Å². The lowest BCUT2D eigenvalue weighted by molar-refractivity contribution is 0.0800. The van der Waals surface area contributed by atoms with E-state index in [9.17, 15) is 4.79 Å². The predicted molar refractivity (Wildman–Crippen MR) is 49.3 cm³/mol. The van der Waals surface area contributed by atoms with Crippen molar-refractivity contribution in [3.8, 4) is 5.88 Å². The van der Waals surface area contributed by atoms with Gasteiger partial charge in [-0.05, 0) is 6.92 Å². The highest BCUT2D eigenvalue weighted by Crippen LogP contribution is 2.27. The number of thiazole rings is 1. The van der Waals surface area contributed by atoms with Crippen molar-refractivity contribution in [2.75, 3.05) is 20.2 Å². The van der Waals surface area contributed by atoms with E-state index in [1.165, 1.54) is 11.3 Å². The van der Waals surface area contributed by atoms with Gasteiger partial charge in [0.05, 0.1) is 11.6 Å². The minimum atomic E-state index is 0.0121. The fourth-order valence-corrected chi connectivity index (χ4v) is 2.05. The third-order valence-electron chi connectivity index (χ3n) is 1.91. The maximum atomic E-state index is 11.7. The maximum absolute atomic E-state index is 11.7. The SMILES string of the molecule is Cc1nc2c(s1)C(=O)N(C)CCO2. The van der Waals surface area contributed by atoms with Crippen molar-refractivity contribution in [3.05, 3.63) is 9.88 Å². The minimum Gasteiger partial charge on any atom is -0.475 e. The van der Waals surface area contributed by atoms with Gasteiger partial charge in [0.2, 0.25) is 5.88 Å². The Morgan fingerprint density at radius 1 is 1.62 bits per heavy atom. The lowest BCUT2D eigenvalue weighted by Gasteiger charge is -2.10. The monoisotopic (exact) mass is 198 g/mol. The van der Waals surface area contributed by atoms with Gasteiger partial charge in [-0.25, -0.2) is 4.98 Å². The lowest BCUT2D eigenvalue weighted by atomic mass is 10.4. The Hall–Kier alpha value is -1.10. The number of amides is 1. The molecule has 1 aromatic heterocycles. The molecule has 0 unspecified atom stereocenters. The van der Waals surface area contributed by atoms with Crippen LogP contribution < -0.4 is 4.74 Å². The number of likely N-dealkylation sites (N-methyl/N-ethyl adjacent to an activating group) is 1. The Kier molecular flexibility index (Phi) is 1.95. The molecule has 0 aliphatic carbocycles. The van der Waals surface area contributed by atoms with Gasteiger partial charge >= 0.3 is 0 Å². The number of carbonyl (C=O) groups is 1. The molecule has 2 rings (SSSR count). The van der Waals surface area contributed by atoms with E-state index in [1.807, 2.05) is 6.92 Å². The second-order valence-corrected chi connectivity index (χ2v) is 4.15. The van der Waals surface area contributed by atoms with Crippen LogP contribution in [0.3, 0.4) is 0 Å². The van der Waals surface area contributed by atoms with Crippen LogP contribution >= 0.6 is 11.3 Å². The normalized spacial score (nSPS) is 16.5. The van der Waals surface area contributed by atoms with Gasteiger partial charge in [-0.1, -0.05) is 0 Å². The van der Waals surface area contributed by atoms with Crippen LogP contribution in [-0.4, -0.2) is 36.0 Å². The Labute approximate surface area is 80.1 Å². The van der Waals surface area contributed by atoms with Gasteiger partial charge in [0.25, 0.3) is 5.91 Å². The molecule has 1 aromatic rings. The van der Waals surface area contributed by atoms with Crippen molar-refractivity contribution < 1.29 is 9.53 Å². The van der Waals surface area contributed by atoms with E-state index in [-0.39, 0.29) is 5.91 Å². The molecule has 0 radical (unpaired) electrons. The molecule has 1 amide bonds. The fourth-order valence-electron chi connectivity index (χ4n) is 1.20. The van der Waals surface area contributed by atoms with Crippen LogP contribution in [0, 0.1) is 6.92 Å². The van der Waals surface area contributed by atoms with E-state index in [0.29, 0.717) is 23.9 Å². The molecule has 0 N–H and O–H groups in total. The lowest BCUT2D eigenvalue weighted by Crippen LogP contribution is -2.27. The molecule has 0 fully saturated rings. The highest BCUT2D eigenvalue weighted by atomic mass is 32.1. The average Bonchev–Trinajstić information content (AvgIpc) is 2.40. The van der Waals surface area contributed by atoms with E-state index >= 15 is 0 Å². The molecule has 0 spiro atoms. The van der Waals surface area contributed by atoms with Gasteiger partial charge in [0, 0.05) is 7.05 Å². The van der Waals surface area contributed by atoms with Crippen molar-refractivity contribution in [1.29, 1.82) is 0 Å². The van der Waals surface area contributed by atoms with E-state index in [2.05, 4.69) is 4.98 Å². The third kappa shape index (κ3) is 1.39. The van der Waals surface area contributed by atoms with E-state index in [1.54, 1.807) is 11.9 Å². The van der Waals surface area contributed by atoms with Crippen LogP contribution in [-0.2, 0) is 0 Å². The molecule has 1 aliphatic heterocycles. The third-order valence-corrected chi connectivity index (χ3v) is 2.85. The average molecular weight is 198 g/mol. The second kappa shape index (κ2) is 2.99. The zero-order chi connectivity index (χ0) is 9.42. The summed E-state index contributed by atoms with van der Waals surface area (Å²) in [5.74, 6) is 0.509. The summed E-state index contributed by atoms with van der Waals surface area (Å²) in [6.45, 7) is 3.02. The molecule has 0 bridgehead atoms. The molecule has 2 heterocycles. The van der Waals surface area contributed by atoms with Gasteiger partial charge in [0.1, 0.15) is 6.61 Å². The topological polar surface area (TPSA) is 42.4 Å². The highest BCUT2D eigenvalue weighted by Gasteiger charge is 2.24. The molecule has 0 saturated heterocycles. The summed E-state index contributed by atoms with van der Waals surface area (Å²) in [6.07, 6.45) is 0. The quantitative estimate of drug-likeness (QED) is 0.622. The van der Waals surface area contributed by atoms with Crippen molar-refractivity contribution in [2.45, 2.75) is 6.92 Å². The molecule has 0 aromatic carbocycles. The van der Waals surface area contributed by atoms with Gasteiger partial charge in [-0.15, -0.1) is 11.3 Å². The van der Waals surface area contributed by atoms with Crippen LogP contribution in [0.25, 0.3) is 0 Å². The number of aryl methyl sites for hydroxylation is 1. The Morgan fingerprint density at radius 2 is 2.38 bits per heavy atom. The van der Waals surface area contributed by atoms with Crippen molar-refractivity contribution >= 4 is 17.2 Å². The standard InChI is InChI=1S/C8H10N2O2S/c1-5-9-7-6(13-5)8(11)10(2)3-4-12-7/h3-4H2,1-2H3. The zero-order valence-electron chi connectivity index (χ0n) is 7.53. The van der Waals surface area contributed by atoms with Gasteiger partial charge in [-0.2, -0.15) is 0 Å². The summed E-state index contributed by atoms with van der Waals surface area (Å²) in [5.41, 5.74) is 0. The number of nitrogens with zero attached hydrogens (tertiary/aromatic N) is 2. The van der Waals surface area contributed by atoms with Crippen LogP contribution in [0.5, 0.6) is 5.88 Å². The molecular formula is C8H10N2O2S. The van der Waals surface area contributed by atoms with Crippen LogP contribution in [0.2, 0.25) is 0 Å². The summed E-state index contributed by atoms with van der Waals surface area (Å²) in [7, 11) is 1.77. The minimum absolute atomic E-state index is 0.0121. The first-order valence-corrected chi connectivity index (χ1v) is 4.86. The summed E-state index contributed by atoms with van der Waals surface area (Å²) in [5, 5.41) is 0.869. The summed E-state index contributed by atoms with van der Waals surface area (Å²) in [6, 6.07) is 0. The van der Waals surface area contributed by atoms with Gasteiger partial charge in [-0.3, -0.25) is 4.79 Å². The number of ether oxygens (including phenoxy) is 1. The van der Waals surface area contributed by atoms with Gasteiger partial charge in [0.15, 0.2) is 4.88 Å². The largest absolute Gasteiger partial charge is 0.475 e. The van der Waals surface area contributed by atoms with Crippen molar-refractivity contribution in [2.24, 2.45) is 0 Å². The summed E-state index contributed by atoms with van der Waals surface area (Å²) >= 11 is 1.39. The number of aromatic nitrogens is 1. The van der Waals surface area contributed by atoms with Gasteiger partial charge < -0.3 is 9.64 Å². The predicted octanol–water partition coefficient (Wildman–Crippen LogP) is 0.916. The molecule has 70 valence electrons. The molecular weight excluding hydrogens is 188 g/mol. The number of hydrogen-bond donors (Lipinski definition) is 0. The van der Waals surface area contributed by atoms with E-state index in [4.69, 9.17) is 4.74 Å². The number of rotatable bonds is 0. The van der Waals surface area contributed by atoms with Crippen molar-refractivity contribution in [1.82, 2.24) is 9.88 Å². The van der Waals surface area contributed by atoms with E-state index < -0.39 is 0 Å². The summed E-state index contributed by atoms with van der Waals surface area (Å²) in [4.78, 5) is 18.1. The second-order valence-electron chi connectivity index (χ2n) is 2.94. The fraction of sp³-hybridized carbons (Fsp3) is 0.500. The Balaban J connectivity index is 2.45. The highest BCUT2D eigenvalue weighted by molar-refractivity contribution is 7.13. The van der Waals surface area contributed by atoms with Crippen molar-refractivity contribution in [3.63, 3.8) is 0 Å². The molecule has 1 aliphatic rings. The summed E-state index contributed by atoms with van der Waals surface area (Å²) < 4.78 is 5.35.